The standard InChI is InChI=1S/C36H52/c1-23(2)10-9-11-24(3)32-16-17-33-29-15-14-27-21-30-28-13-8-7-12-26(28)20-25(4)31(30)22-36(27,6)34(29)18-19-35(32,33)5/h7-8,12-13,20,23-24,27,29,32-34H,9-11,14-19,21-22H2,1-6H3. The molecule has 6 rings (SSSR count). The maximum atomic E-state index is 2.76. The lowest BCUT2D eigenvalue weighted by molar-refractivity contribution is -0.103. The van der Waals surface area contributed by atoms with Crippen molar-refractivity contribution < 1.29 is 0 Å². The van der Waals surface area contributed by atoms with Crippen LogP contribution in [-0.2, 0) is 12.8 Å². The smallest absolute Gasteiger partial charge is 0.0149 e. The maximum Gasteiger partial charge on any atom is -0.0149 e. The SMILES string of the molecule is Cc1cc2ccccc2c2c1CC1(C)C(CCC3C1CCC1(C)C(C(C)CCCC(C)C)CCC31)C2. The van der Waals surface area contributed by atoms with Crippen LogP contribution < -0.4 is 0 Å². The van der Waals surface area contributed by atoms with E-state index >= 15 is 0 Å². The van der Waals surface area contributed by atoms with Gasteiger partial charge in [0.1, 0.15) is 0 Å². The van der Waals surface area contributed by atoms with Crippen molar-refractivity contribution >= 4 is 10.8 Å². The molecule has 0 heteroatoms. The van der Waals surface area contributed by atoms with Gasteiger partial charge in [0, 0.05) is 0 Å². The average molecular weight is 485 g/mol. The van der Waals surface area contributed by atoms with E-state index in [9.17, 15) is 0 Å². The molecule has 0 aliphatic heterocycles. The van der Waals surface area contributed by atoms with E-state index in [0.29, 0.717) is 10.8 Å². The molecule has 36 heavy (non-hydrogen) atoms. The second-order valence-corrected chi connectivity index (χ2v) is 14.9. The number of hydrogen-bond donors (Lipinski definition) is 0. The molecular weight excluding hydrogens is 432 g/mol. The van der Waals surface area contributed by atoms with Crippen LogP contribution in [0.1, 0.15) is 109 Å². The van der Waals surface area contributed by atoms with Crippen molar-refractivity contribution in [2.75, 3.05) is 0 Å². The van der Waals surface area contributed by atoms with Gasteiger partial charge in [-0.3, -0.25) is 0 Å². The van der Waals surface area contributed by atoms with Crippen LogP contribution in [0.25, 0.3) is 10.8 Å². The third-order valence-corrected chi connectivity index (χ3v) is 12.8. The van der Waals surface area contributed by atoms with Crippen LogP contribution in [0, 0.1) is 59.2 Å². The molecule has 0 spiro atoms. The molecule has 0 radical (unpaired) electrons. The first-order chi connectivity index (χ1) is 17.2. The van der Waals surface area contributed by atoms with Crippen molar-refractivity contribution in [1.29, 1.82) is 0 Å². The Morgan fingerprint density at radius 2 is 1.64 bits per heavy atom. The Balaban J connectivity index is 1.25. The quantitative estimate of drug-likeness (QED) is 0.396. The van der Waals surface area contributed by atoms with E-state index in [1.54, 1.807) is 22.1 Å². The highest BCUT2D eigenvalue weighted by Crippen LogP contribution is 2.68. The molecule has 196 valence electrons. The Bertz CT molecular complexity index is 1110. The molecule has 0 saturated heterocycles. The summed E-state index contributed by atoms with van der Waals surface area (Å²) in [6.45, 7) is 15.3. The third kappa shape index (κ3) is 3.82. The van der Waals surface area contributed by atoms with Gasteiger partial charge >= 0.3 is 0 Å². The zero-order valence-corrected chi connectivity index (χ0v) is 24.2. The third-order valence-electron chi connectivity index (χ3n) is 12.8. The van der Waals surface area contributed by atoms with Crippen LogP contribution in [0.15, 0.2) is 30.3 Å². The van der Waals surface area contributed by atoms with Crippen molar-refractivity contribution in [2.24, 2.45) is 52.3 Å². The van der Waals surface area contributed by atoms with Crippen molar-refractivity contribution in [3.8, 4) is 0 Å². The van der Waals surface area contributed by atoms with Gasteiger partial charge < -0.3 is 0 Å². The highest BCUT2D eigenvalue weighted by atomic mass is 14.6. The number of fused-ring (bicyclic) bond motifs is 8. The summed E-state index contributed by atoms with van der Waals surface area (Å²) in [7, 11) is 0. The van der Waals surface area contributed by atoms with Crippen LogP contribution in [0.2, 0.25) is 0 Å². The number of rotatable bonds is 5. The molecule has 3 saturated carbocycles. The van der Waals surface area contributed by atoms with Gasteiger partial charge in [-0.2, -0.15) is 0 Å². The topological polar surface area (TPSA) is 0 Å². The summed E-state index contributed by atoms with van der Waals surface area (Å²) in [5.41, 5.74) is 6.11. The van der Waals surface area contributed by atoms with Crippen LogP contribution in [0.4, 0.5) is 0 Å². The second-order valence-electron chi connectivity index (χ2n) is 14.9. The van der Waals surface area contributed by atoms with Gasteiger partial charge in [0.2, 0.25) is 0 Å². The molecule has 0 N–H and O–H groups in total. The summed E-state index contributed by atoms with van der Waals surface area (Å²) in [6.07, 6.45) is 16.0. The predicted molar refractivity (Wildman–Crippen MR) is 155 cm³/mol. The molecule has 0 nitrogen and oxygen atoms in total. The minimum absolute atomic E-state index is 0.505. The van der Waals surface area contributed by atoms with Gasteiger partial charge in [0.15, 0.2) is 0 Å². The van der Waals surface area contributed by atoms with E-state index in [4.69, 9.17) is 0 Å². The Morgan fingerprint density at radius 1 is 0.861 bits per heavy atom. The Kier molecular flexibility index (Phi) is 6.37. The van der Waals surface area contributed by atoms with Crippen LogP contribution in [0.3, 0.4) is 0 Å². The first-order valence-corrected chi connectivity index (χ1v) is 15.7. The normalized spacial score (nSPS) is 38.4. The van der Waals surface area contributed by atoms with Gasteiger partial charge in [-0.25, -0.2) is 0 Å². The molecule has 8 unspecified atom stereocenters. The fraction of sp³-hybridized carbons (Fsp3) is 0.722. The molecule has 4 aliphatic carbocycles. The minimum Gasteiger partial charge on any atom is -0.0628 e. The van der Waals surface area contributed by atoms with Gasteiger partial charge in [0.25, 0.3) is 0 Å². The van der Waals surface area contributed by atoms with Crippen LogP contribution >= 0.6 is 0 Å². The van der Waals surface area contributed by atoms with Crippen molar-refractivity contribution in [3.63, 3.8) is 0 Å². The minimum atomic E-state index is 0.505. The highest BCUT2D eigenvalue weighted by Gasteiger charge is 2.60. The van der Waals surface area contributed by atoms with E-state index in [0.717, 1.165) is 41.4 Å². The lowest BCUT2D eigenvalue weighted by Crippen LogP contribution is -2.54. The van der Waals surface area contributed by atoms with Gasteiger partial charge in [0.05, 0.1) is 0 Å². The molecular formula is C36H52. The zero-order chi connectivity index (χ0) is 25.2. The van der Waals surface area contributed by atoms with Crippen molar-refractivity contribution in [3.05, 3.63) is 47.0 Å². The molecule has 8 atom stereocenters. The first-order valence-electron chi connectivity index (χ1n) is 15.7. The van der Waals surface area contributed by atoms with Crippen LogP contribution in [-0.4, -0.2) is 0 Å². The molecule has 2 aromatic rings. The lowest BCUT2D eigenvalue weighted by atomic mass is 9.44. The van der Waals surface area contributed by atoms with E-state index in [-0.39, 0.29) is 0 Å². The monoisotopic (exact) mass is 484 g/mol. The van der Waals surface area contributed by atoms with E-state index < -0.39 is 0 Å². The number of hydrogen-bond acceptors (Lipinski definition) is 0. The van der Waals surface area contributed by atoms with Crippen molar-refractivity contribution in [2.45, 2.75) is 112 Å². The van der Waals surface area contributed by atoms with E-state index in [1.807, 2.05) is 0 Å². The summed E-state index contributed by atoms with van der Waals surface area (Å²) < 4.78 is 0. The van der Waals surface area contributed by atoms with Crippen LogP contribution in [0.5, 0.6) is 0 Å². The summed E-state index contributed by atoms with van der Waals surface area (Å²) in [4.78, 5) is 0. The molecule has 0 bridgehead atoms. The number of aryl methyl sites for hydroxylation is 1. The molecule has 0 amide bonds. The lowest BCUT2D eigenvalue weighted by Gasteiger charge is -2.61. The fourth-order valence-electron chi connectivity index (χ4n) is 10.9. The van der Waals surface area contributed by atoms with Gasteiger partial charge in [-0.1, -0.05) is 84.2 Å². The Morgan fingerprint density at radius 3 is 2.44 bits per heavy atom. The van der Waals surface area contributed by atoms with E-state index in [1.165, 1.54) is 76.0 Å². The Labute approximate surface area is 222 Å². The summed E-state index contributed by atoms with van der Waals surface area (Å²) >= 11 is 0. The second kappa shape index (κ2) is 9.17. The first kappa shape index (κ1) is 25.0. The largest absolute Gasteiger partial charge is 0.0628 e. The molecule has 0 heterocycles. The molecule has 0 aromatic heterocycles. The van der Waals surface area contributed by atoms with Gasteiger partial charge in [-0.05, 0) is 138 Å². The van der Waals surface area contributed by atoms with Gasteiger partial charge in [-0.15, -0.1) is 0 Å². The highest BCUT2D eigenvalue weighted by molar-refractivity contribution is 5.88. The Hall–Kier alpha value is -1.30. The summed E-state index contributed by atoms with van der Waals surface area (Å²) in [5.74, 6) is 6.56. The summed E-state index contributed by atoms with van der Waals surface area (Å²) in [5, 5.41) is 3.00. The predicted octanol–water partition coefficient (Wildman–Crippen LogP) is 10.2. The summed E-state index contributed by atoms with van der Waals surface area (Å²) in [6, 6.07) is 11.7. The zero-order valence-electron chi connectivity index (χ0n) is 24.2. The molecule has 3 fully saturated rings. The number of benzene rings is 2. The van der Waals surface area contributed by atoms with Crippen molar-refractivity contribution in [1.82, 2.24) is 0 Å². The van der Waals surface area contributed by atoms with E-state index in [2.05, 4.69) is 71.9 Å². The maximum absolute atomic E-state index is 2.76. The average Bonchev–Trinajstić information content (AvgIpc) is 3.20. The molecule has 2 aromatic carbocycles. The molecule has 4 aliphatic rings. The fourth-order valence-corrected chi connectivity index (χ4v) is 10.9.